The summed E-state index contributed by atoms with van der Waals surface area (Å²) in [5, 5.41) is 7.87. The Morgan fingerprint density at radius 1 is 1.37 bits per heavy atom. The molecule has 2 aromatic rings. The Balaban J connectivity index is 1.99. The minimum absolute atomic E-state index is 0.420. The molecule has 2 heterocycles. The van der Waals surface area contributed by atoms with Crippen molar-refractivity contribution in [1.82, 2.24) is 24.5 Å². The molecule has 0 aliphatic carbocycles. The van der Waals surface area contributed by atoms with Crippen LogP contribution in [-0.4, -0.2) is 50.7 Å². The molecule has 0 aromatic carbocycles. The molecule has 0 aliphatic rings. The summed E-state index contributed by atoms with van der Waals surface area (Å²) in [6.45, 7) is 8.37. The summed E-state index contributed by atoms with van der Waals surface area (Å²) >= 11 is 5.96. The Hall–Kier alpha value is -1.40. The van der Waals surface area contributed by atoms with Gasteiger partial charge in [0.2, 0.25) is 0 Å². The van der Waals surface area contributed by atoms with E-state index >= 15 is 0 Å². The van der Waals surface area contributed by atoms with Crippen LogP contribution in [0, 0.1) is 0 Å². The van der Waals surface area contributed by atoms with Gasteiger partial charge in [0.05, 0.1) is 0 Å². The number of aromatic nitrogens is 4. The van der Waals surface area contributed by atoms with Gasteiger partial charge in [-0.3, -0.25) is 0 Å². The molecule has 0 aliphatic heterocycles. The molecule has 0 bridgehead atoms. The van der Waals surface area contributed by atoms with E-state index in [0.717, 1.165) is 32.0 Å². The molecule has 0 spiro atoms. The highest BCUT2D eigenvalue weighted by Gasteiger charge is 2.06. The summed E-state index contributed by atoms with van der Waals surface area (Å²) in [6, 6.07) is 1.76. The van der Waals surface area contributed by atoms with Crippen molar-refractivity contribution in [2.24, 2.45) is 0 Å². The van der Waals surface area contributed by atoms with Crippen LogP contribution < -0.4 is 5.32 Å². The SMILES string of the molecule is CCCN(CC)CCNc1cc(Cl)nc2ncnn12. The molecule has 0 saturated heterocycles. The third-order valence-corrected chi connectivity index (χ3v) is 3.14. The van der Waals surface area contributed by atoms with Gasteiger partial charge in [0.1, 0.15) is 17.3 Å². The number of hydrogen-bond donors (Lipinski definition) is 1. The zero-order valence-corrected chi connectivity index (χ0v) is 12.1. The van der Waals surface area contributed by atoms with E-state index < -0.39 is 0 Å². The lowest BCUT2D eigenvalue weighted by Crippen LogP contribution is -2.30. The quantitative estimate of drug-likeness (QED) is 0.786. The second-order valence-corrected chi connectivity index (χ2v) is 4.68. The number of halogens is 1. The van der Waals surface area contributed by atoms with Gasteiger partial charge >= 0.3 is 0 Å². The van der Waals surface area contributed by atoms with Crippen molar-refractivity contribution < 1.29 is 0 Å². The first-order valence-corrected chi connectivity index (χ1v) is 6.95. The molecule has 0 saturated carbocycles. The standard InChI is InChI=1S/C12H19ClN6/c1-3-6-18(4-2)7-5-14-11-8-10(13)17-12-15-9-16-19(11)12/h8-9,14H,3-7H2,1-2H3. The molecule has 1 N–H and O–H groups in total. The van der Waals surface area contributed by atoms with Crippen molar-refractivity contribution in [3.63, 3.8) is 0 Å². The van der Waals surface area contributed by atoms with Crippen molar-refractivity contribution in [3.8, 4) is 0 Å². The van der Waals surface area contributed by atoms with Gasteiger partial charge in [0.25, 0.3) is 5.78 Å². The van der Waals surface area contributed by atoms with Crippen molar-refractivity contribution in [3.05, 3.63) is 17.5 Å². The maximum atomic E-state index is 5.96. The fourth-order valence-electron chi connectivity index (χ4n) is 2.00. The predicted octanol–water partition coefficient (Wildman–Crippen LogP) is 1.92. The van der Waals surface area contributed by atoms with Gasteiger partial charge in [-0.1, -0.05) is 25.4 Å². The number of fused-ring (bicyclic) bond motifs is 1. The van der Waals surface area contributed by atoms with Crippen LogP contribution in [0.2, 0.25) is 5.15 Å². The number of hydrogen-bond acceptors (Lipinski definition) is 5. The van der Waals surface area contributed by atoms with Gasteiger partial charge in [-0.05, 0) is 19.5 Å². The first-order chi connectivity index (χ1) is 9.24. The van der Waals surface area contributed by atoms with E-state index in [4.69, 9.17) is 11.6 Å². The van der Waals surface area contributed by atoms with Crippen LogP contribution in [0.3, 0.4) is 0 Å². The normalized spacial score (nSPS) is 11.4. The summed E-state index contributed by atoms with van der Waals surface area (Å²) in [6.07, 6.45) is 2.64. The highest BCUT2D eigenvalue weighted by atomic mass is 35.5. The predicted molar refractivity (Wildman–Crippen MR) is 76.7 cm³/mol. The Kier molecular flexibility index (Phi) is 4.93. The summed E-state index contributed by atoms with van der Waals surface area (Å²) < 4.78 is 1.65. The third-order valence-electron chi connectivity index (χ3n) is 2.94. The van der Waals surface area contributed by atoms with Crippen LogP contribution in [0.4, 0.5) is 5.82 Å². The molecule has 2 rings (SSSR count). The van der Waals surface area contributed by atoms with Crippen molar-refractivity contribution in [2.75, 3.05) is 31.5 Å². The van der Waals surface area contributed by atoms with Gasteiger partial charge in [-0.25, -0.2) is 0 Å². The monoisotopic (exact) mass is 282 g/mol. The molecule has 6 nitrogen and oxygen atoms in total. The largest absolute Gasteiger partial charge is 0.369 e. The smallest absolute Gasteiger partial charge is 0.255 e. The van der Waals surface area contributed by atoms with Crippen LogP contribution in [0.15, 0.2) is 12.4 Å². The lowest BCUT2D eigenvalue weighted by molar-refractivity contribution is 0.300. The second kappa shape index (κ2) is 6.68. The molecule has 0 radical (unpaired) electrons. The van der Waals surface area contributed by atoms with Crippen LogP contribution in [0.25, 0.3) is 5.78 Å². The van der Waals surface area contributed by atoms with E-state index in [0.29, 0.717) is 10.9 Å². The van der Waals surface area contributed by atoms with Crippen molar-refractivity contribution in [1.29, 1.82) is 0 Å². The maximum Gasteiger partial charge on any atom is 0.255 e. The Morgan fingerprint density at radius 2 is 2.21 bits per heavy atom. The first-order valence-electron chi connectivity index (χ1n) is 6.57. The van der Waals surface area contributed by atoms with E-state index in [1.54, 1.807) is 10.6 Å². The van der Waals surface area contributed by atoms with Crippen LogP contribution in [-0.2, 0) is 0 Å². The lowest BCUT2D eigenvalue weighted by atomic mass is 10.4. The van der Waals surface area contributed by atoms with Gasteiger partial charge in [-0.2, -0.15) is 19.6 Å². The zero-order chi connectivity index (χ0) is 13.7. The fourth-order valence-corrected chi connectivity index (χ4v) is 2.17. The number of nitrogens with one attached hydrogen (secondary N) is 1. The highest BCUT2D eigenvalue weighted by Crippen LogP contribution is 2.14. The Bertz CT molecular complexity index is 526. The third kappa shape index (κ3) is 3.54. The van der Waals surface area contributed by atoms with Crippen LogP contribution in [0.1, 0.15) is 20.3 Å². The topological polar surface area (TPSA) is 58.3 Å². The summed E-state index contributed by atoms with van der Waals surface area (Å²) in [5.41, 5.74) is 0. The van der Waals surface area contributed by atoms with E-state index in [1.165, 1.54) is 12.7 Å². The molecule has 0 fully saturated rings. The van der Waals surface area contributed by atoms with Crippen molar-refractivity contribution >= 4 is 23.2 Å². The van der Waals surface area contributed by atoms with E-state index in [1.807, 2.05) is 0 Å². The van der Waals surface area contributed by atoms with Gasteiger partial charge in [0, 0.05) is 19.2 Å². The Morgan fingerprint density at radius 3 is 2.95 bits per heavy atom. The summed E-state index contributed by atoms with van der Waals surface area (Å²) in [4.78, 5) is 10.5. The molecule has 0 unspecified atom stereocenters. The van der Waals surface area contributed by atoms with E-state index in [2.05, 4.69) is 39.1 Å². The number of nitrogens with zero attached hydrogens (tertiary/aromatic N) is 5. The van der Waals surface area contributed by atoms with Crippen LogP contribution >= 0.6 is 11.6 Å². The summed E-state index contributed by atoms with van der Waals surface area (Å²) in [5.74, 6) is 1.33. The van der Waals surface area contributed by atoms with Gasteiger partial charge in [0.15, 0.2) is 0 Å². The molecule has 2 aromatic heterocycles. The summed E-state index contributed by atoms with van der Waals surface area (Å²) in [7, 11) is 0. The molecular weight excluding hydrogens is 264 g/mol. The van der Waals surface area contributed by atoms with Crippen molar-refractivity contribution in [2.45, 2.75) is 20.3 Å². The van der Waals surface area contributed by atoms with E-state index in [-0.39, 0.29) is 0 Å². The average molecular weight is 283 g/mol. The number of rotatable bonds is 7. The van der Waals surface area contributed by atoms with Gasteiger partial charge < -0.3 is 10.2 Å². The van der Waals surface area contributed by atoms with Gasteiger partial charge in [-0.15, -0.1) is 0 Å². The number of anilines is 1. The highest BCUT2D eigenvalue weighted by molar-refractivity contribution is 6.29. The number of likely N-dealkylation sites (N-methyl/N-ethyl adjacent to an activating group) is 1. The minimum atomic E-state index is 0.420. The molecular formula is C12H19ClN6. The Labute approximate surface area is 117 Å². The zero-order valence-electron chi connectivity index (χ0n) is 11.3. The second-order valence-electron chi connectivity index (χ2n) is 4.30. The molecule has 19 heavy (non-hydrogen) atoms. The minimum Gasteiger partial charge on any atom is -0.369 e. The molecule has 104 valence electrons. The lowest BCUT2D eigenvalue weighted by Gasteiger charge is -2.19. The fraction of sp³-hybridized carbons (Fsp3) is 0.583. The average Bonchev–Trinajstić information content (AvgIpc) is 2.85. The maximum absolute atomic E-state index is 5.96. The molecule has 0 amide bonds. The molecule has 7 heteroatoms. The first kappa shape index (κ1) is 14.0. The molecule has 0 atom stereocenters. The van der Waals surface area contributed by atoms with E-state index in [9.17, 15) is 0 Å². The van der Waals surface area contributed by atoms with Crippen LogP contribution in [0.5, 0.6) is 0 Å².